The summed E-state index contributed by atoms with van der Waals surface area (Å²) >= 11 is 7.24. The second kappa shape index (κ2) is 2.87. The van der Waals surface area contributed by atoms with Gasteiger partial charge >= 0.3 is 0 Å². The zero-order valence-electron chi connectivity index (χ0n) is 6.41. The third-order valence-electron chi connectivity index (χ3n) is 1.59. The van der Waals surface area contributed by atoms with Gasteiger partial charge in [-0.2, -0.15) is 5.26 Å². The van der Waals surface area contributed by atoms with Crippen molar-refractivity contribution in [3.63, 3.8) is 0 Å². The van der Waals surface area contributed by atoms with Gasteiger partial charge in [0.05, 0.1) is 26.9 Å². The fourth-order valence-electron chi connectivity index (χ4n) is 1.07. The van der Waals surface area contributed by atoms with Gasteiger partial charge in [0.25, 0.3) is 0 Å². The Labute approximate surface area is 83.4 Å². The molecular formula is C8H4ClN3S. The standard InChI is InChI=1S/C8H4ClN3S/c9-5-1-4(3-10)2-6-7(5)13-8(11)12-6/h1-2H,(H2,11,12). The topological polar surface area (TPSA) is 62.7 Å². The molecule has 0 saturated heterocycles. The smallest absolute Gasteiger partial charge is 0.181 e. The lowest BCUT2D eigenvalue weighted by atomic mass is 10.2. The van der Waals surface area contributed by atoms with E-state index in [1.54, 1.807) is 12.1 Å². The Morgan fingerprint density at radius 3 is 3.00 bits per heavy atom. The maximum Gasteiger partial charge on any atom is 0.181 e. The summed E-state index contributed by atoms with van der Waals surface area (Å²) in [6.07, 6.45) is 0. The molecule has 2 N–H and O–H groups in total. The number of hydrogen-bond acceptors (Lipinski definition) is 4. The van der Waals surface area contributed by atoms with E-state index in [-0.39, 0.29) is 0 Å². The number of nitrogens with two attached hydrogens (primary N) is 1. The predicted molar refractivity (Wildman–Crippen MR) is 53.8 cm³/mol. The van der Waals surface area contributed by atoms with Gasteiger partial charge in [0.15, 0.2) is 5.13 Å². The van der Waals surface area contributed by atoms with Crippen LogP contribution < -0.4 is 5.73 Å². The Hall–Kier alpha value is -1.31. The Morgan fingerprint density at radius 1 is 1.54 bits per heavy atom. The molecule has 0 atom stereocenters. The van der Waals surface area contributed by atoms with Crippen LogP contribution in [0.3, 0.4) is 0 Å². The largest absolute Gasteiger partial charge is 0.375 e. The van der Waals surface area contributed by atoms with Gasteiger partial charge in [0.2, 0.25) is 0 Å². The van der Waals surface area contributed by atoms with Gasteiger partial charge in [-0.05, 0) is 12.1 Å². The van der Waals surface area contributed by atoms with Crippen molar-refractivity contribution in [3.8, 4) is 6.07 Å². The van der Waals surface area contributed by atoms with Gasteiger partial charge in [0.1, 0.15) is 0 Å². The average Bonchev–Trinajstić information content (AvgIpc) is 2.46. The SMILES string of the molecule is N#Cc1cc(Cl)c2sc(N)nc2c1. The Kier molecular flexibility index (Phi) is 1.83. The number of fused-ring (bicyclic) bond motifs is 1. The van der Waals surface area contributed by atoms with Crippen molar-refractivity contribution in [1.29, 1.82) is 5.26 Å². The highest BCUT2D eigenvalue weighted by molar-refractivity contribution is 7.22. The Balaban J connectivity index is 2.85. The van der Waals surface area contributed by atoms with Crippen LogP contribution in [0.5, 0.6) is 0 Å². The third-order valence-corrected chi connectivity index (χ3v) is 2.93. The summed E-state index contributed by atoms with van der Waals surface area (Å²) in [4.78, 5) is 4.04. The number of nitrogen functional groups attached to an aromatic ring is 1. The summed E-state index contributed by atoms with van der Waals surface area (Å²) in [6, 6.07) is 5.30. The van der Waals surface area contributed by atoms with Gasteiger partial charge in [-0.25, -0.2) is 4.98 Å². The van der Waals surface area contributed by atoms with E-state index in [9.17, 15) is 0 Å². The van der Waals surface area contributed by atoms with Crippen molar-refractivity contribution < 1.29 is 0 Å². The summed E-state index contributed by atoms with van der Waals surface area (Å²) in [7, 11) is 0. The van der Waals surface area contributed by atoms with Crippen LogP contribution in [0.25, 0.3) is 10.2 Å². The average molecular weight is 210 g/mol. The Morgan fingerprint density at radius 2 is 2.31 bits per heavy atom. The molecule has 13 heavy (non-hydrogen) atoms. The van der Waals surface area contributed by atoms with Crippen molar-refractivity contribution in [3.05, 3.63) is 22.7 Å². The van der Waals surface area contributed by atoms with Crippen LogP contribution in [0.1, 0.15) is 5.56 Å². The van der Waals surface area contributed by atoms with Gasteiger partial charge in [-0.1, -0.05) is 22.9 Å². The molecule has 0 unspecified atom stereocenters. The van der Waals surface area contributed by atoms with Gasteiger partial charge in [0, 0.05) is 0 Å². The molecule has 0 fully saturated rings. The van der Waals surface area contributed by atoms with Crippen molar-refractivity contribution in [2.45, 2.75) is 0 Å². The highest BCUT2D eigenvalue weighted by Gasteiger charge is 2.06. The van der Waals surface area contributed by atoms with Crippen LogP contribution in [0.4, 0.5) is 5.13 Å². The predicted octanol–water partition coefficient (Wildman–Crippen LogP) is 2.40. The molecule has 0 bridgehead atoms. The summed E-state index contributed by atoms with van der Waals surface area (Å²) in [5.41, 5.74) is 6.71. The molecule has 0 saturated carbocycles. The second-order valence-corrected chi connectivity index (χ2v) is 3.91. The first-order chi connectivity index (χ1) is 6.20. The zero-order chi connectivity index (χ0) is 9.42. The molecule has 0 aliphatic carbocycles. The molecule has 5 heteroatoms. The molecule has 0 amide bonds. The molecular weight excluding hydrogens is 206 g/mol. The normalized spacial score (nSPS) is 10.2. The van der Waals surface area contributed by atoms with Crippen LogP contribution in [0.2, 0.25) is 5.02 Å². The maximum atomic E-state index is 8.66. The number of nitriles is 1. The molecule has 0 aliphatic rings. The van der Waals surface area contributed by atoms with Crippen molar-refractivity contribution in [1.82, 2.24) is 4.98 Å². The van der Waals surface area contributed by atoms with Gasteiger partial charge in [-0.15, -0.1) is 0 Å². The number of benzene rings is 1. The minimum Gasteiger partial charge on any atom is -0.375 e. The second-order valence-electron chi connectivity index (χ2n) is 2.47. The minimum absolute atomic E-state index is 0.465. The molecule has 64 valence electrons. The van der Waals surface area contributed by atoms with E-state index in [1.807, 2.05) is 6.07 Å². The van der Waals surface area contributed by atoms with Gasteiger partial charge < -0.3 is 5.73 Å². The molecule has 2 rings (SSSR count). The maximum absolute atomic E-state index is 8.66. The minimum atomic E-state index is 0.465. The van der Waals surface area contributed by atoms with E-state index < -0.39 is 0 Å². The van der Waals surface area contributed by atoms with E-state index >= 15 is 0 Å². The van der Waals surface area contributed by atoms with Crippen LogP contribution in [-0.4, -0.2) is 4.98 Å². The molecule has 3 nitrogen and oxygen atoms in total. The molecule has 2 aromatic rings. The highest BCUT2D eigenvalue weighted by Crippen LogP contribution is 2.31. The summed E-state index contributed by atoms with van der Waals surface area (Å²) in [5, 5.41) is 9.66. The van der Waals surface area contributed by atoms with E-state index in [0.717, 1.165) is 4.70 Å². The quantitative estimate of drug-likeness (QED) is 0.725. The number of rotatable bonds is 0. The molecule has 1 aromatic carbocycles. The number of hydrogen-bond donors (Lipinski definition) is 1. The number of halogens is 1. The van der Waals surface area contributed by atoms with Crippen LogP contribution in [0, 0.1) is 11.3 Å². The first-order valence-corrected chi connectivity index (χ1v) is 4.66. The van der Waals surface area contributed by atoms with E-state index in [0.29, 0.717) is 21.2 Å². The van der Waals surface area contributed by atoms with Crippen molar-refractivity contribution >= 4 is 38.3 Å². The van der Waals surface area contributed by atoms with E-state index in [2.05, 4.69) is 4.98 Å². The summed E-state index contributed by atoms with van der Waals surface area (Å²) in [6.45, 7) is 0. The molecule has 0 spiro atoms. The molecule has 0 radical (unpaired) electrons. The molecule has 1 heterocycles. The monoisotopic (exact) mass is 209 g/mol. The molecule has 0 aliphatic heterocycles. The van der Waals surface area contributed by atoms with Crippen molar-refractivity contribution in [2.75, 3.05) is 5.73 Å². The number of anilines is 1. The number of nitrogens with zero attached hydrogens (tertiary/aromatic N) is 2. The lowest BCUT2D eigenvalue weighted by Gasteiger charge is -1.92. The van der Waals surface area contributed by atoms with Crippen LogP contribution in [-0.2, 0) is 0 Å². The van der Waals surface area contributed by atoms with Gasteiger partial charge in [-0.3, -0.25) is 0 Å². The lowest BCUT2D eigenvalue weighted by Crippen LogP contribution is -1.79. The first-order valence-electron chi connectivity index (χ1n) is 3.46. The summed E-state index contributed by atoms with van der Waals surface area (Å²) < 4.78 is 0.832. The van der Waals surface area contributed by atoms with Crippen LogP contribution >= 0.6 is 22.9 Å². The first kappa shape index (κ1) is 8.30. The zero-order valence-corrected chi connectivity index (χ0v) is 7.99. The lowest BCUT2D eigenvalue weighted by molar-refractivity contribution is 1.46. The van der Waals surface area contributed by atoms with E-state index in [1.165, 1.54) is 11.3 Å². The summed E-state index contributed by atoms with van der Waals surface area (Å²) in [5.74, 6) is 0. The third kappa shape index (κ3) is 1.32. The highest BCUT2D eigenvalue weighted by atomic mass is 35.5. The fourth-order valence-corrected chi connectivity index (χ4v) is 2.12. The molecule has 1 aromatic heterocycles. The van der Waals surface area contributed by atoms with Crippen molar-refractivity contribution in [2.24, 2.45) is 0 Å². The Bertz CT molecular complexity index is 512. The number of aromatic nitrogens is 1. The number of thiazole rings is 1. The fraction of sp³-hybridized carbons (Fsp3) is 0. The van der Waals surface area contributed by atoms with E-state index in [4.69, 9.17) is 22.6 Å². The van der Waals surface area contributed by atoms with Crippen LogP contribution in [0.15, 0.2) is 12.1 Å².